The third-order valence-electron chi connectivity index (χ3n) is 2.94. The molecule has 0 amide bonds. The molecule has 0 aliphatic rings. The number of nitrogens with one attached hydrogen (secondary N) is 2. The molecule has 0 spiro atoms. The van der Waals surface area contributed by atoms with Crippen LogP contribution in [0.3, 0.4) is 0 Å². The zero-order valence-electron chi connectivity index (χ0n) is 12.2. The summed E-state index contributed by atoms with van der Waals surface area (Å²) in [7, 11) is 0. The lowest BCUT2D eigenvalue weighted by Crippen LogP contribution is -2.25. The van der Waals surface area contributed by atoms with E-state index < -0.39 is 11.7 Å². The molecule has 2 aromatic carbocycles. The third kappa shape index (κ3) is 5.07. The molecule has 0 atom stereocenters. The van der Waals surface area contributed by atoms with Crippen LogP contribution in [-0.2, 0) is 6.18 Å². The van der Waals surface area contributed by atoms with Gasteiger partial charge in [0.2, 0.25) is 0 Å². The number of alkyl halides is 3. The Morgan fingerprint density at radius 1 is 1.09 bits per heavy atom. The molecule has 0 radical (unpaired) electrons. The predicted octanol–water partition coefficient (Wildman–Crippen LogP) is 4.33. The van der Waals surface area contributed by atoms with E-state index in [0.29, 0.717) is 0 Å². The molecule has 0 aliphatic heterocycles. The lowest BCUT2D eigenvalue weighted by Gasteiger charge is -2.14. The van der Waals surface area contributed by atoms with Crippen LogP contribution in [0.2, 0.25) is 0 Å². The molecule has 2 N–H and O–H groups in total. The maximum Gasteiger partial charge on any atom is 0.418 e. The first-order valence-electron chi connectivity index (χ1n) is 6.69. The van der Waals surface area contributed by atoms with E-state index >= 15 is 0 Å². The minimum absolute atomic E-state index is 0.0231. The number of thiocarbonyl (C=S) groups is 1. The number of hydrazone groups is 1. The monoisotopic (exact) mass is 337 g/mol. The predicted molar refractivity (Wildman–Crippen MR) is 89.6 cm³/mol. The van der Waals surface area contributed by atoms with Crippen molar-refractivity contribution in [3.8, 4) is 0 Å². The van der Waals surface area contributed by atoms with Gasteiger partial charge in [0, 0.05) is 0 Å². The number of nitrogens with zero attached hydrogens (tertiary/aromatic N) is 1. The van der Waals surface area contributed by atoms with Crippen LogP contribution in [0.4, 0.5) is 18.9 Å². The molecular weight excluding hydrogens is 323 g/mol. The van der Waals surface area contributed by atoms with Crippen molar-refractivity contribution >= 4 is 29.2 Å². The number of para-hydroxylation sites is 1. The highest BCUT2D eigenvalue weighted by Gasteiger charge is 2.33. The van der Waals surface area contributed by atoms with Crippen molar-refractivity contribution in [2.75, 3.05) is 5.32 Å². The van der Waals surface area contributed by atoms with Crippen LogP contribution >= 0.6 is 12.2 Å². The Bertz CT molecular complexity index is 709. The van der Waals surface area contributed by atoms with E-state index in [9.17, 15) is 13.2 Å². The van der Waals surface area contributed by atoms with Gasteiger partial charge >= 0.3 is 6.18 Å². The molecule has 0 aromatic heterocycles. The Morgan fingerprint density at radius 2 is 1.74 bits per heavy atom. The summed E-state index contributed by atoms with van der Waals surface area (Å²) in [6, 6.07) is 12.7. The number of aryl methyl sites for hydroxylation is 1. The Morgan fingerprint density at radius 3 is 2.39 bits per heavy atom. The van der Waals surface area contributed by atoms with Crippen LogP contribution in [-0.4, -0.2) is 11.3 Å². The van der Waals surface area contributed by atoms with Gasteiger partial charge in [0.05, 0.1) is 17.5 Å². The van der Waals surface area contributed by atoms with Gasteiger partial charge in [-0.05, 0) is 36.8 Å². The van der Waals surface area contributed by atoms with Gasteiger partial charge in [0.25, 0.3) is 0 Å². The summed E-state index contributed by atoms with van der Waals surface area (Å²) in [6.07, 6.45) is -2.92. The summed E-state index contributed by atoms with van der Waals surface area (Å²) >= 11 is 4.95. The number of rotatable bonds is 3. The summed E-state index contributed by atoms with van der Waals surface area (Å²) in [5, 5.41) is 6.38. The number of hydrogen-bond donors (Lipinski definition) is 2. The molecule has 0 unspecified atom stereocenters. The van der Waals surface area contributed by atoms with Crippen molar-refractivity contribution in [3.63, 3.8) is 0 Å². The second-order valence-corrected chi connectivity index (χ2v) is 5.19. The highest BCUT2D eigenvalue weighted by Crippen LogP contribution is 2.34. The van der Waals surface area contributed by atoms with E-state index in [4.69, 9.17) is 12.2 Å². The first kappa shape index (κ1) is 17.0. The molecule has 0 saturated heterocycles. The van der Waals surface area contributed by atoms with Crippen molar-refractivity contribution in [2.45, 2.75) is 13.1 Å². The third-order valence-corrected chi connectivity index (χ3v) is 3.13. The van der Waals surface area contributed by atoms with Crippen LogP contribution in [0.15, 0.2) is 53.6 Å². The van der Waals surface area contributed by atoms with E-state index in [1.165, 1.54) is 24.4 Å². The quantitative estimate of drug-likeness (QED) is 0.497. The SMILES string of the molecule is Cc1ccc(/C=N\NC(=S)Nc2ccccc2C(F)(F)F)cc1. The summed E-state index contributed by atoms with van der Waals surface area (Å²) in [5.74, 6) is 0. The van der Waals surface area contributed by atoms with E-state index in [0.717, 1.165) is 17.2 Å². The number of halogens is 3. The fourth-order valence-electron chi connectivity index (χ4n) is 1.81. The Balaban J connectivity index is 1.99. The van der Waals surface area contributed by atoms with Gasteiger partial charge in [-0.1, -0.05) is 42.0 Å². The van der Waals surface area contributed by atoms with Crippen LogP contribution in [0.25, 0.3) is 0 Å². The Kier molecular flexibility index (Phi) is 5.33. The van der Waals surface area contributed by atoms with Crippen LogP contribution in [0.1, 0.15) is 16.7 Å². The molecule has 120 valence electrons. The zero-order chi connectivity index (χ0) is 16.9. The Labute approximate surface area is 137 Å². The van der Waals surface area contributed by atoms with Crippen molar-refractivity contribution in [2.24, 2.45) is 5.10 Å². The molecule has 0 bridgehead atoms. The van der Waals surface area contributed by atoms with Gasteiger partial charge in [-0.25, -0.2) is 0 Å². The second kappa shape index (κ2) is 7.23. The van der Waals surface area contributed by atoms with Crippen LogP contribution in [0.5, 0.6) is 0 Å². The normalized spacial score (nSPS) is 11.5. The molecule has 23 heavy (non-hydrogen) atoms. The van der Waals surface area contributed by atoms with Crippen molar-refractivity contribution < 1.29 is 13.2 Å². The highest BCUT2D eigenvalue weighted by molar-refractivity contribution is 7.80. The standard InChI is InChI=1S/C16H14F3N3S/c1-11-6-8-12(9-7-11)10-20-22-15(23)21-14-5-3-2-4-13(14)16(17,18)19/h2-10H,1H3,(H2,21,22,23)/b20-10-. The smallest absolute Gasteiger partial charge is 0.331 e. The van der Waals surface area contributed by atoms with Gasteiger partial charge in [-0.2, -0.15) is 18.3 Å². The average Bonchev–Trinajstić information content (AvgIpc) is 2.49. The number of benzene rings is 2. The number of hydrogen-bond acceptors (Lipinski definition) is 2. The lowest BCUT2D eigenvalue weighted by atomic mass is 10.2. The minimum atomic E-state index is -4.45. The summed E-state index contributed by atoms with van der Waals surface area (Å²) < 4.78 is 38.6. The molecule has 2 rings (SSSR count). The minimum Gasteiger partial charge on any atom is -0.331 e. The van der Waals surface area contributed by atoms with E-state index in [2.05, 4.69) is 15.8 Å². The molecule has 0 saturated carbocycles. The largest absolute Gasteiger partial charge is 0.418 e. The molecule has 3 nitrogen and oxygen atoms in total. The number of anilines is 1. The second-order valence-electron chi connectivity index (χ2n) is 4.78. The van der Waals surface area contributed by atoms with Gasteiger partial charge in [-0.15, -0.1) is 0 Å². The van der Waals surface area contributed by atoms with Gasteiger partial charge in [0.15, 0.2) is 5.11 Å². The van der Waals surface area contributed by atoms with E-state index in [-0.39, 0.29) is 10.8 Å². The maximum atomic E-state index is 12.9. The van der Waals surface area contributed by atoms with Crippen molar-refractivity contribution in [1.82, 2.24) is 5.43 Å². The zero-order valence-corrected chi connectivity index (χ0v) is 13.0. The van der Waals surface area contributed by atoms with Gasteiger partial charge in [-0.3, -0.25) is 5.43 Å². The summed E-state index contributed by atoms with van der Waals surface area (Å²) in [5.41, 5.74) is 3.56. The summed E-state index contributed by atoms with van der Waals surface area (Å²) in [6.45, 7) is 1.97. The molecule has 7 heteroatoms. The highest BCUT2D eigenvalue weighted by atomic mass is 32.1. The first-order valence-corrected chi connectivity index (χ1v) is 7.10. The first-order chi connectivity index (χ1) is 10.9. The molecule has 0 fully saturated rings. The van der Waals surface area contributed by atoms with Gasteiger partial charge in [0.1, 0.15) is 0 Å². The molecule has 0 heterocycles. The fourth-order valence-corrected chi connectivity index (χ4v) is 1.97. The van der Waals surface area contributed by atoms with Gasteiger partial charge < -0.3 is 5.32 Å². The maximum absolute atomic E-state index is 12.9. The summed E-state index contributed by atoms with van der Waals surface area (Å²) in [4.78, 5) is 0. The molecular formula is C16H14F3N3S. The van der Waals surface area contributed by atoms with Crippen molar-refractivity contribution in [3.05, 3.63) is 65.2 Å². The van der Waals surface area contributed by atoms with E-state index in [1.54, 1.807) is 0 Å². The topological polar surface area (TPSA) is 36.4 Å². The van der Waals surface area contributed by atoms with Crippen LogP contribution < -0.4 is 10.7 Å². The lowest BCUT2D eigenvalue weighted by molar-refractivity contribution is -0.136. The van der Waals surface area contributed by atoms with Crippen molar-refractivity contribution in [1.29, 1.82) is 0 Å². The van der Waals surface area contributed by atoms with E-state index in [1.807, 2.05) is 31.2 Å². The average molecular weight is 337 g/mol. The van der Waals surface area contributed by atoms with Crippen LogP contribution in [0, 0.1) is 6.92 Å². The molecule has 2 aromatic rings. The molecule has 0 aliphatic carbocycles. The fraction of sp³-hybridized carbons (Fsp3) is 0.125. The Hall–Kier alpha value is -2.41.